The highest BCUT2D eigenvalue weighted by Crippen LogP contribution is 2.13. The summed E-state index contributed by atoms with van der Waals surface area (Å²) in [6, 6.07) is 0. The molecule has 0 aromatic rings. The lowest BCUT2D eigenvalue weighted by atomic mass is 10.0. The monoisotopic (exact) mass is 428 g/mol. The summed E-state index contributed by atoms with van der Waals surface area (Å²) in [5.74, 6) is 0. The topological polar surface area (TPSA) is 38.7 Å². The number of hydrogen-bond donors (Lipinski definition) is 1. The fourth-order valence-electron chi connectivity index (χ4n) is 3.87. The second-order valence-electron chi connectivity index (χ2n) is 9.17. The summed E-state index contributed by atoms with van der Waals surface area (Å²) in [6.45, 7) is 6.88. The van der Waals surface area contributed by atoms with Crippen molar-refractivity contribution < 1.29 is 14.6 Å². The molecule has 0 aliphatic carbocycles. The maximum atomic E-state index is 9.89. The first-order valence-corrected chi connectivity index (χ1v) is 13.6. The highest BCUT2D eigenvalue weighted by Gasteiger charge is 2.04. The van der Waals surface area contributed by atoms with Crippen LogP contribution in [0.2, 0.25) is 0 Å². The van der Waals surface area contributed by atoms with E-state index in [4.69, 9.17) is 9.47 Å². The van der Waals surface area contributed by atoms with Crippen LogP contribution in [0.4, 0.5) is 0 Å². The van der Waals surface area contributed by atoms with Gasteiger partial charge in [0.15, 0.2) is 0 Å². The second-order valence-corrected chi connectivity index (χ2v) is 9.17. The third-order valence-electron chi connectivity index (χ3n) is 5.90. The summed E-state index contributed by atoms with van der Waals surface area (Å²) in [7, 11) is 0. The fraction of sp³-hybridized carbons (Fsp3) is 1.00. The minimum absolute atomic E-state index is 0.410. The van der Waals surface area contributed by atoms with E-state index in [9.17, 15) is 5.11 Å². The van der Waals surface area contributed by atoms with E-state index in [1.54, 1.807) is 0 Å². The fourth-order valence-corrected chi connectivity index (χ4v) is 3.87. The van der Waals surface area contributed by atoms with Gasteiger partial charge >= 0.3 is 0 Å². The Labute approximate surface area is 189 Å². The molecule has 3 heteroatoms. The summed E-state index contributed by atoms with van der Waals surface area (Å²) in [4.78, 5) is 0. The number of unbranched alkanes of at least 4 members (excludes halogenated alkanes) is 18. The van der Waals surface area contributed by atoms with Crippen molar-refractivity contribution in [2.75, 3.05) is 26.4 Å². The van der Waals surface area contributed by atoms with E-state index in [1.165, 1.54) is 116 Å². The molecule has 1 unspecified atom stereocenters. The van der Waals surface area contributed by atoms with Crippen molar-refractivity contribution in [1.82, 2.24) is 0 Å². The maximum Gasteiger partial charge on any atom is 0.101 e. The quantitative estimate of drug-likeness (QED) is 0.141. The van der Waals surface area contributed by atoms with Crippen LogP contribution in [0.15, 0.2) is 0 Å². The van der Waals surface area contributed by atoms with Gasteiger partial charge in [0.25, 0.3) is 0 Å². The van der Waals surface area contributed by atoms with Gasteiger partial charge in [-0.15, -0.1) is 0 Å². The normalized spacial score (nSPS) is 12.5. The molecule has 0 aromatic carbocycles. The lowest BCUT2D eigenvalue weighted by Crippen LogP contribution is -2.22. The molecule has 0 saturated heterocycles. The number of hydrogen-bond acceptors (Lipinski definition) is 3. The summed E-state index contributed by atoms with van der Waals surface area (Å²) in [6.07, 6.45) is 26.4. The van der Waals surface area contributed by atoms with Crippen LogP contribution >= 0.6 is 0 Å². The van der Waals surface area contributed by atoms with E-state index in [1.807, 2.05) is 0 Å². The molecule has 1 atom stereocenters. The molecule has 0 spiro atoms. The molecule has 1 N–H and O–H groups in total. The van der Waals surface area contributed by atoms with Gasteiger partial charge in [-0.25, -0.2) is 0 Å². The Balaban J connectivity index is 3.11. The molecular weight excluding hydrogens is 372 g/mol. The van der Waals surface area contributed by atoms with E-state index in [-0.39, 0.29) is 0 Å². The van der Waals surface area contributed by atoms with Crippen LogP contribution in [0.3, 0.4) is 0 Å². The zero-order chi connectivity index (χ0) is 22.0. The van der Waals surface area contributed by atoms with Crippen molar-refractivity contribution in [1.29, 1.82) is 0 Å². The van der Waals surface area contributed by atoms with Crippen LogP contribution in [-0.2, 0) is 9.47 Å². The first-order chi connectivity index (χ1) is 14.8. The molecule has 0 heterocycles. The zero-order valence-corrected chi connectivity index (χ0v) is 20.8. The van der Waals surface area contributed by atoms with Gasteiger partial charge in [-0.3, -0.25) is 0 Å². The van der Waals surface area contributed by atoms with Crippen molar-refractivity contribution in [2.24, 2.45) is 0 Å². The summed E-state index contributed by atoms with van der Waals surface area (Å²) >= 11 is 0. The van der Waals surface area contributed by atoms with Gasteiger partial charge in [0.05, 0.1) is 13.2 Å². The van der Waals surface area contributed by atoms with Crippen molar-refractivity contribution in [3.8, 4) is 0 Å². The van der Waals surface area contributed by atoms with Crippen molar-refractivity contribution in [3.05, 3.63) is 0 Å². The number of ether oxygens (including phenoxy) is 2. The van der Waals surface area contributed by atoms with Crippen LogP contribution in [0.1, 0.15) is 142 Å². The molecule has 0 aliphatic rings. The number of rotatable bonds is 26. The SMILES string of the molecule is CCCCCCCCCCCCCCCCOCC(O)COCCCCCCCC. The largest absolute Gasteiger partial charge is 0.388 e. The lowest BCUT2D eigenvalue weighted by molar-refractivity contribution is -0.0201. The van der Waals surface area contributed by atoms with Gasteiger partial charge in [0.1, 0.15) is 6.10 Å². The zero-order valence-electron chi connectivity index (χ0n) is 20.8. The minimum atomic E-state index is -0.475. The van der Waals surface area contributed by atoms with E-state index in [2.05, 4.69) is 13.8 Å². The number of aliphatic hydroxyl groups is 1. The minimum Gasteiger partial charge on any atom is -0.388 e. The molecule has 0 radical (unpaired) electrons. The smallest absolute Gasteiger partial charge is 0.101 e. The third kappa shape index (κ3) is 25.9. The summed E-state index contributed by atoms with van der Waals surface area (Å²) in [5, 5.41) is 9.89. The average molecular weight is 429 g/mol. The molecule has 0 aliphatic heterocycles. The van der Waals surface area contributed by atoms with Gasteiger partial charge in [-0.2, -0.15) is 0 Å². The molecule has 0 saturated carbocycles. The van der Waals surface area contributed by atoms with Crippen molar-refractivity contribution >= 4 is 0 Å². The summed E-state index contributed by atoms with van der Waals surface area (Å²) in [5.41, 5.74) is 0. The van der Waals surface area contributed by atoms with Crippen LogP contribution in [0.25, 0.3) is 0 Å². The highest BCUT2D eigenvalue weighted by molar-refractivity contribution is 4.53. The molecule has 0 amide bonds. The standard InChI is InChI=1S/C27H56O3/c1-3-5-7-9-11-12-13-14-15-16-17-18-20-22-24-30-26-27(28)25-29-23-21-19-10-8-6-4-2/h27-28H,3-26H2,1-2H3. The Bertz CT molecular complexity index is 296. The van der Waals surface area contributed by atoms with Gasteiger partial charge in [0.2, 0.25) is 0 Å². The molecule has 0 fully saturated rings. The first kappa shape index (κ1) is 29.9. The van der Waals surface area contributed by atoms with Crippen LogP contribution in [0.5, 0.6) is 0 Å². The van der Waals surface area contributed by atoms with Crippen LogP contribution in [-0.4, -0.2) is 37.6 Å². The van der Waals surface area contributed by atoms with Gasteiger partial charge in [-0.1, -0.05) is 129 Å². The predicted octanol–water partition coefficient (Wildman–Crippen LogP) is 8.22. The van der Waals surface area contributed by atoms with Gasteiger partial charge in [0, 0.05) is 13.2 Å². The Morgan fingerprint density at radius 2 is 0.700 bits per heavy atom. The molecule has 0 bridgehead atoms. The Morgan fingerprint density at radius 3 is 1.00 bits per heavy atom. The van der Waals surface area contributed by atoms with E-state index in [0.717, 1.165) is 26.1 Å². The third-order valence-corrected chi connectivity index (χ3v) is 5.90. The Hall–Kier alpha value is -0.120. The summed E-state index contributed by atoms with van der Waals surface area (Å²) < 4.78 is 11.1. The lowest BCUT2D eigenvalue weighted by Gasteiger charge is -2.12. The second kappa shape index (κ2) is 26.9. The average Bonchev–Trinajstić information content (AvgIpc) is 2.75. The van der Waals surface area contributed by atoms with E-state index >= 15 is 0 Å². The highest BCUT2D eigenvalue weighted by atomic mass is 16.5. The van der Waals surface area contributed by atoms with E-state index < -0.39 is 6.10 Å². The molecule has 0 aromatic heterocycles. The Morgan fingerprint density at radius 1 is 0.433 bits per heavy atom. The van der Waals surface area contributed by atoms with Gasteiger partial charge in [-0.05, 0) is 12.8 Å². The molecular formula is C27H56O3. The van der Waals surface area contributed by atoms with Crippen LogP contribution in [0, 0.1) is 0 Å². The molecule has 30 heavy (non-hydrogen) atoms. The number of aliphatic hydroxyl groups excluding tert-OH is 1. The maximum absolute atomic E-state index is 9.89. The molecule has 3 nitrogen and oxygen atoms in total. The van der Waals surface area contributed by atoms with Crippen molar-refractivity contribution in [3.63, 3.8) is 0 Å². The van der Waals surface area contributed by atoms with Crippen molar-refractivity contribution in [2.45, 2.75) is 148 Å². The van der Waals surface area contributed by atoms with Gasteiger partial charge < -0.3 is 14.6 Å². The molecule has 0 rings (SSSR count). The van der Waals surface area contributed by atoms with Crippen LogP contribution < -0.4 is 0 Å². The molecule has 182 valence electrons. The predicted molar refractivity (Wildman–Crippen MR) is 131 cm³/mol. The first-order valence-electron chi connectivity index (χ1n) is 13.6. The van der Waals surface area contributed by atoms with E-state index in [0.29, 0.717) is 13.2 Å². The Kier molecular flexibility index (Phi) is 26.8.